The Morgan fingerprint density at radius 2 is 2.12 bits per heavy atom. The molecule has 0 saturated carbocycles. The molecule has 1 aromatic heterocycles. The zero-order valence-corrected chi connectivity index (χ0v) is 17.3. The van der Waals surface area contributed by atoms with Crippen molar-refractivity contribution in [1.29, 1.82) is 0 Å². The van der Waals surface area contributed by atoms with Crippen LogP contribution in [0, 0.1) is 0 Å². The van der Waals surface area contributed by atoms with Crippen molar-refractivity contribution in [3.8, 4) is 11.5 Å². The molecule has 0 bridgehead atoms. The van der Waals surface area contributed by atoms with E-state index in [1.807, 2.05) is 30.8 Å². The van der Waals surface area contributed by atoms with Gasteiger partial charge in [-0.15, -0.1) is 0 Å². The second-order valence-corrected chi connectivity index (χ2v) is 7.86. The van der Waals surface area contributed by atoms with Crippen LogP contribution in [0.1, 0.15) is 26.7 Å². The third kappa shape index (κ3) is 3.80. The Labute approximate surface area is 162 Å². The van der Waals surface area contributed by atoms with Gasteiger partial charge in [-0.25, -0.2) is 0 Å². The number of fused-ring (bicyclic) bond motifs is 1. The average molecular weight is 477 g/mol. The Hall–Kier alpha value is -1.25. The molecule has 1 aliphatic heterocycles. The molecule has 1 saturated heterocycles. The summed E-state index contributed by atoms with van der Waals surface area (Å²) in [7, 11) is 1.90. The van der Waals surface area contributed by atoms with Gasteiger partial charge >= 0.3 is 5.97 Å². The van der Waals surface area contributed by atoms with Crippen LogP contribution in [0.3, 0.4) is 0 Å². The first-order valence-electron chi connectivity index (χ1n) is 7.91. The molecule has 2 aromatic rings. The summed E-state index contributed by atoms with van der Waals surface area (Å²) in [5.74, 6) is 0.396. The summed E-state index contributed by atoms with van der Waals surface area (Å²) < 4.78 is 20.3. The van der Waals surface area contributed by atoms with Crippen molar-refractivity contribution in [3.63, 3.8) is 0 Å². The van der Waals surface area contributed by atoms with Crippen molar-refractivity contribution in [2.24, 2.45) is 7.05 Å². The van der Waals surface area contributed by atoms with E-state index in [1.54, 1.807) is 0 Å². The number of ether oxygens (including phenoxy) is 3. The van der Waals surface area contributed by atoms with Crippen LogP contribution in [0.5, 0.6) is 11.5 Å². The van der Waals surface area contributed by atoms with E-state index < -0.39 is 6.29 Å². The quantitative estimate of drug-likeness (QED) is 0.670. The number of rotatable bonds is 3. The lowest BCUT2D eigenvalue weighted by atomic mass is 10.1. The normalized spacial score (nSPS) is 23.6. The Balaban J connectivity index is 1.90. The van der Waals surface area contributed by atoms with Gasteiger partial charge in [0.2, 0.25) is 6.29 Å². The number of benzene rings is 1. The lowest BCUT2D eigenvalue weighted by Crippen LogP contribution is -2.39. The van der Waals surface area contributed by atoms with Gasteiger partial charge in [0.25, 0.3) is 0 Å². The van der Waals surface area contributed by atoms with Crippen LogP contribution < -0.4 is 4.74 Å². The van der Waals surface area contributed by atoms with Crippen LogP contribution >= 0.6 is 31.9 Å². The van der Waals surface area contributed by atoms with Gasteiger partial charge in [-0.1, -0.05) is 0 Å². The van der Waals surface area contributed by atoms with Crippen LogP contribution in [-0.4, -0.2) is 34.1 Å². The molecular formula is C17H19Br2NO5. The van der Waals surface area contributed by atoms with E-state index >= 15 is 0 Å². The van der Waals surface area contributed by atoms with Crippen molar-refractivity contribution < 1.29 is 24.1 Å². The fourth-order valence-electron chi connectivity index (χ4n) is 3.11. The fourth-order valence-corrected chi connectivity index (χ4v) is 4.40. The van der Waals surface area contributed by atoms with Crippen molar-refractivity contribution >= 4 is 48.7 Å². The maximum atomic E-state index is 11.2. The number of nitrogens with zero attached hydrogens (tertiary/aromatic N) is 1. The van der Waals surface area contributed by atoms with E-state index in [1.165, 1.54) is 6.92 Å². The average Bonchev–Trinajstić information content (AvgIpc) is 2.79. The monoisotopic (exact) mass is 475 g/mol. The second kappa shape index (κ2) is 7.17. The zero-order valence-electron chi connectivity index (χ0n) is 14.1. The molecule has 1 aromatic carbocycles. The van der Waals surface area contributed by atoms with Crippen molar-refractivity contribution in [3.05, 3.63) is 21.2 Å². The fraction of sp³-hybridized carbons (Fsp3) is 0.471. The Bertz CT molecular complexity index is 819. The van der Waals surface area contributed by atoms with E-state index in [0.29, 0.717) is 27.5 Å². The smallest absolute Gasteiger partial charge is 0.302 e. The van der Waals surface area contributed by atoms with Gasteiger partial charge in [-0.2, -0.15) is 0 Å². The van der Waals surface area contributed by atoms with Crippen LogP contribution in [-0.2, 0) is 21.3 Å². The summed E-state index contributed by atoms with van der Waals surface area (Å²) in [6, 6.07) is 1.83. The zero-order chi connectivity index (χ0) is 18.3. The van der Waals surface area contributed by atoms with E-state index in [-0.39, 0.29) is 23.9 Å². The van der Waals surface area contributed by atoms with Gasteiger partial charge in [0.1, 0.15) is 17.6 Å². The molecule has 3 rings (SSSR count). The molecule has 2 heterocycles. The number of carbonyl (C=O) groups excluding carboxylic acids is 1. The highest BCUT2D eigenvalue weighted by atomic mass is 79.9. The number of halogens is 2. The second-order valence-electron chi connectivity index (χ2n) is 6.22. The standard InChI is InChI=1S/C17H19Br2NO5/c1-8-4-10(24-9(2)21)5-14(23-8)25-13-7-20(3)12-6-11(18)17(22)16(19)15(12)13/h6-8,10,14,22H,4-5H2,1-3H3. The lowest BCUT2D eigenvalue weighted by Gasteiger charge is -2.33. The first-order valence-corrected chi connectivity index (χ1v) is 9.50. The van der Waals surface area contributed by atoms with E-state index in [2.05, 4.69) is 31.9 Å². The molecule has 25 heavy (non-hydrogen) atoms. The summed E-state index contributed by atoms with van der Waals surface area (Å²) in [5.41, 5.74) is 0.895. The number of hydrogen-bond donors (Lipinski definition) is 1. The molecule has 1 N–H and O–H groups in total. The van der Waals surface area contributed by atoms with Crippen LogP contribution in [0.15, 0.2) is 21.2 Å². The number of aromatic hydroxyl groups is 1. The van der Waals surface area contributed by atoms with Gasteiger partial charge < -0.3 is 23.9 Å². The largest absolute Gasteiger partial charge is 0.506 e. The Kier molecular flexibility index (Phi) is 5.31. The van der Waals surface area contributed by atoms with Crippen molar-refractivity contribution in [1.82, 2.24) is 4.57 Å². The predicted octanol–water partition coefficient (Wildman–Crippen LogP) is 4.24. The van der Waals surface area contributed by atoms with Crippen LogP contribution in [0.25, 0.3) is 10.9 Å². The third-order valence-electron chi connectivity index (χ3n) is 4.14. The third-order valence-corrected chi connectivity index (χ3v) is 5.51. The molecule has 0 amide bonds. The van der Waals surface area contributed by atoms with Gasteiger partial charge in [0.15, 0.2) is 0 Å². The summed E-state index contributed by atoms with van der Waals surface area (Å²) in [4.78, 5) is 11.2. The highest BCUT2D eigenvalue weighted by Crippen LogP contribution is 2.44. The van der Waals surface area contributed by atoms with Gasteiger partial charge in [0.05, 0.1) is 26.0 Å². The minimum Gasteiger partial charge on any atom is -0.506 e. The van der Waals surface area contributed by atoms with E-state index in [0.717, 1.165) is 10.9 Å². The maximum absolute atomic E-state index is 11.2. The predicted molar refractivity (Wildman–Crippen MR) is 99.7 cm³/mol. The number of phenols is 1. The number of aromatic nitrogens is 1. The molecule has 0 radical (unpaired) electrons. The SMILES string of the molecule is CC(=O)OC1CC(C)OC(Oc2cn(C)c3cc(Br)c(O)c(Br)c23)C1. The van der Waals surface area contributed by atoms with Gasteiger partial charge in [0, 0.05) is 33.0 Å². The summed E-state index contributed by atoms with van der Waals surface area (Å²) in [5, 5.41) is 10.9. The van der Waals surface area contributed by atoms with Crippen LogP contribution in [0.2, 0.25) is 0 Å². The first-order chi connectivity index (χ1) is 11.8. The summed E-state index contributed by atoms with van der Waals surface area (Å²) >= 11 is 6.77. The number of hydrogen-bond acceptors (Lipinski definition) is 5. The summed E-state index contributed by atoms with van der Waals surface area (Å²) in [6.07, 6.45) is 2.10. The minimum atomic E-state index is -0.531. The van der Waals surface area contributed by atoms with Gasteiger partial charge in [-0.05, 0) is 44.8 Å². The molecule has 0 aliphatic carbocycles. The summed E-state index contributed by atoms with van der Waals surface area (Å²) in [6.45, 7) is 3.33. The van der Waals surface area contributed by atoms with Crippen molar-refractivity contribution in [2.75, 3.05) is 0 Å². The molecule has 6 nitrogen and oxygen atoms in total. The lowest BCUT2D eigenvalue weighted by molar-refractivity contribution is -0.185. The highest BCUT2D eigenvalue weighted by Gasteiger charge is 2.31. The topological polar surface area (TPSA) is 69.9 Å². The first kappa shape index (κ1) is 18.5. The molecule has 8 heteroatoms. The van der Waals surface area contributed by atoms with E-state index in [9.17, 15) is 9.90 Å². The molecule has 136 valence electrons. The minimum absolute atomic E-state index is 0.0796. The van der Waals surface area contributed by atoms with Gasteiger partial charge in [-0.3, -0.25) is 4.79 Å². The number of carbonyl (C=O) groups is 1. The molecule has 1 aliphatic rings. The Morgan fingerprint density at radius 3 is 2.80 bits per heavy atom. The van der Waals surface area contributed by atoms with Crippen molar-refractivity contribution in [2.45, 2.75) is 45.2 Å². The van der Waals surface area contributed by atoms with Crippen LogP contribution in [0.4, 0.5) is 0 Å². The molecule has 1 fully saturated rings. The van der Waals surface area contributed by atoms with E-state index in [4.69, 9.17) is 14.2 Å². The maximum Gasteiger partial charge on any atom is 0.302 e. The molecule has 3 unspecified atom stereocenters. The Morgan fingerprint density at radius 1 is 1.40 bits per heavy atom. The number of esters is 1. The number of phenolic OH excluding ortho intramolecular Hbond substituents is 1. The highest BCUT2D eigenvalue weighted by molar-refractivity contribution is 9.11. The molecular weight excluding hydrogens is 458 g/mol. The molecule has 0 spiro atoms. The molecule has 3 atom stereocenters. The number of aryl methyl sites for hydroxylation is 1.